The van der Waals surface area contributed by atoms with Crippen LogP contribution in [0.4, 0.5) is 0 Å². The van der Waals surface area contributed by atoms with Gasteiger partial charge in [-0.3, -0.25) is 4.79 Å². The molecule has 0 unspecified atom stereocenters. The fourth-order valence-corrected chi connectivity index (χ4v) is 4.44. The maximum Gasteiger partial charge on any atom is 0.246 e. The van der Waals surface area contributed by atoms with Crippen molar-refractivity contribution in [2.24, 2.45) is 0 Å². The van der Waals surface area contributed by atoms with Crippen molar-refractivity contribution in [3.63, 3.8) is 0 Å². The fourth-order valence-electron chi connectivity index (χ4n) is 3.27. The predicted molar refractivity (Wildman–Crippen MR) is 114 cm³/mol. The minimum absolute atomic E-state index is 0.149. The molecule has 1 amide bonds. The summed E-state index contributed by atoms with van der Waals surface area (Å²) in [5.41, 5.74) is 1.66. The summed E-state index contributed by atoms with van der Waals surface area (Å²) in [6, 6.07) is 14.7. The number of nitrogens with zero attached hydrogens (tertiary/aromatic N) is 2. The zero-order valence-electron chi connectivity index (χ0n) is 16.3. The van der Waals surface area contributed by atoms with Crippen molar-refractivity contribution in [3.8, 4) is 11.5 Å². The van der Waals surface area contributed by atoms with E-state index in [0.717, 1.165) is 11.1 Å². The Morgan fingerprint density at radius 2 is 1.60 bits per heavy atom. The fraction of sp³-hybridized carbons (Fsp3) is 0.227. The van der Waals surface area contributed by atoms with Crippen LogP contribution in [0.2, 0.25) is 0 Å². The van der Waals surface area contributed by atoms with Gasteiger partial charge in [-0.25, -0.2) is 8.42 Å². The second-order valence-electron chi connectivity index (χ2n) is 6.93. The van der Waals surface area contributed by atoms with Crippen molar-refractivity contribution in [3.05, 3.63) is 71.1 Å². The first-order chi connectivity index (χ1) is 14.5. The number of carbonyl (C=O) groups is 1. The number of piperazine rings is 1. The van der Waals surface area contributed by atoms with Crippen molar-refractivity contribution >= 4 is 28.1 Å². The molecule has 7 nitrogen and oxygen atoms in total. The molecule has 0 aliphatic carbocycles. The van der Waals surface area contributed by atoms with E-state index >= 15 is 0 Å². The van der Waals surface area contributed by atoms with Crippen LogP contribution in [0.25, 0.3) is 12.2 Å². The molecule has 30 heavy (non-hydrogen) atoms. The van der Waals surface area contributed by atoms with E-state index in [1.165, 1.54) is 15.8 Å². The number of hydrogen-bond acceptors (Lipinski definition) is 5. The van der Waals surface area contributed by atoms with Gasteiger partial charge in [0.15, 0.2) is 11.5 Å². The first kappa shape index (κ1) is 20.2. The van der Waals surface area contributed by atoms with E-state index in [0.29, 0.717) is 24.6 Å². The lowest BCUT2D eigenvalue weighted by Gasteiger charge is -2.32. The van der Waals surface area contributed by atoms with Crippen molar-refractivity contribution in [2.45, 2.75) is 0 Å². The summed E-state index contributed by atoms with van der Waals surface area (Å²) >= 11 is 0. The van der Waals surface area contributed by atoms with E-state index < -0.39 is 10.0 Å². The summed E-state index contributed by atoms with van der Waals surface area (Å²) < 4.78 is 37.1. The van der Waals surface area contributed by atoms with Crippen molar-refractivity contribution < 1.29 is 22.7 Å². The average Bonchev–Trinajstić information content (AvgIpc) is 3.25. The van der Waals surface area contributed by atoms with E-state index in [2.05, 4.69) is 0 Å². The first-order valence-electron chi connectivity index (χ1n) is 9.61. The molecule has 2 aromatic carbocycles. The zero-order valence-corrected chi connectivity index (χ0v) is 17.1. The molecule has 2 aromatic rings. The Balaban J connectivity index is 1.32. The molecular formula is C22H22N2O5S. The van der Waals surface area contributed by atoms with Crippen LogP contribution in [0, 0.1) is 0 Å². The van der Waals surface area contributed by atoms with Crippen LogP contribution in [-0.2, 0) is 14.8 Å². The predicted octanol–water partition coefficient (Wildman–Crippen LogP) is 2.57. The Hall–Kier alpha value is -3.10. The lowest BCUT2D eigenvalue weighted by Crippen LogP contribution is -2.49. The highest BCUT2D eigenvalue weighted by Gasteiger charge is 2.26. The second kappa shape index (κ2) is 8.73. The molecule has 156 valence electrons. The number of rotatable bonds is 5. The summed E-state index contributed by atoms with van der Waals surface area (Å²) in [6.45, 7) is 1.44. The quantitative estimate of drug-likeness (QED) is 0.687. The third-order valence-electron chi connectivity index (χ3n) is 4.96. The Morgan fingerprint density at radius 3 is 2.37 bits per heavy atom. The molecule has 2 aliphatic rings. The zero-order chi connectivity index (χ0) is 21.0. The molecular weight excluding hydrogens is 404 g/mol. The van der Waals surface area contributed by atoms with Crippen molar-refractivity contribution in [1.29, 1.82) is 0 Å². The smallest absolute Gasteiger partial charge is 0.246 e. The lowest BCUT2D eigenvalue weighted by molar-refractivity contribution is -0.127. The summed E-state index contributed by atoms with van der Waals surface area (Å²) in [4.78, 5) is 14.1. The van der Waals surface area contributed by atoms with Gasteiger partial charge in [0.25, 0.3) is 0 Å². The third kappa shape index (κ3) is 4.72. The molecule has 4 rings (SSSR count). The van der Waals surface area contributed by atoms with E-state index in [9.17, 15) is 13.2 Å². The number of fused-ring (bicyclic) bond motifs is 1. The highest BCUT2D eigenvalue weighted by atomic mass is 32.2. The van der Waals surface area contributed by atoms with E-state index in [1.807, 2.05) is 42.5 Å². The number of carbonyl (C=O) groups excluding carboxylic acids is 1. The number of benzene rings is 2. The Labute approximate surface area is 175 Å². The third-order valence-corrected chi connectivity index (χ3v) is 6.52. The van der Waals surface area contributed by atoms with Gasteiger partial charge in [-0.2, -0.15) is 4.31 Å². The maximum atomic E-state index is 12.5. The standard InChI is InChI=1S/C22H22N2O5S/c25-22(9-7-19-6-8-20-21(16-19)29-17-28-20)23-11-13-24(14-12-23)30(26,27)15-10-18-4-2-1-3-5-18/h1-10,15-16H,11-14,17H2. The molecule has 0 spiro atoms. The molecule has 2 heterocycles. The lowest BCUT2D eigenvalue weighted by atomic mass is 10.2. The van der Waals surface area contributed by atoms with Gasteiger partial charge in [-0.1, -0.05) is 36.4 Å². The van der Waals surface area contributed by atoms with Crippen LogP contribution in [0.3, 0.4) is 0 Å². The summed E-state index contributed by atoms with van der Waals surface area (Å²) in [5, 5.41) is 1.22. The molecule has 0 saturated carbocycles. The number of hydrogen-bond donors (Lipinski definition) is 0. The van der Waals surface area contributed by atoms with Crippen LogP contribution in [0.1, 0.15) is 11.1 Å². The maximum absolute atomic E-state index is 12.5. The van der Waals surface area contributed by atoms with E-state index in [1.54, 1.807) is 23.1 Å². The van der Waals surface area contributed by atoms with Gasteiger partial charge in [0.2, 0.25) is 22.7 Å². The summed E-state index contributed by atoms with van der Waals surface area (Å²) in [6.07, 6.45) is 4.80. The average molecular weight is 426 g/mol. The first-order valence-corrected chi connectivity index (χ1v) is 11.1. The van der Waals surface area contributed by atoms with Gasteiger partial charge in [0.05, 0.1) is 0 Å². The highest BCUT2D eigenvalue weighted by Crippen LogP contribution is 2.32. The Kier molecular flexibility index (Phi) is 5.87. The van der Waals surface area contributed by atoms with Crippen LogP contribution < -0.4 is 9.47 Å². The minimum Gasteiger partial charge on any atom is -0.454 e. The Bertz CT molecular complexity index is 1070. The monoisotopic (exact) mass is 426 g/mol. The highest BCUT2D eigenvalue weighted by molar-refractivity contribution is 7.92. The SMILES string of the molecule is O=C(C=Cc1ccc2c(c1)OCO2)N1CCN(S(=O)(=O)C=Cc2ccccc2)CC1. The van der Waals surface area contributed by atoms with Crippen LogP contribution in [0.15, 0.2) is 60.0 Å². The van der Waals surface area contributed by atoms with Crippen LogP contribution in [-0.4, -0.2) is 56.5 Å². The molecule has 1 saturated heterocycles. The van der Waals surface area contributed by atoms with Crippen LogP contribution >= 0.6 is 0 Å². The topological polar surface area (TPSA) is 76.2 Å². The van der Waals surface area contributed by atoms with Crippen LogP contribution in [0.5, 0.6) is 11.5 Å². The Morgan fingerprint density at radius 1 is 0.867 bits per heavy atom. The molecule has 2 aliphatic heterocycles. The molecule has 0 radical (unpaired) electrons. The molecule has 0 atom stereocenters. The largest absolute Gasteiger partial charge is 0.454 e. The minimum atomic E-state index is -3.52. The number of ether oxygens (including phenoxy) is 2. The van der Waals surface area contributed by atoms with Gasteiger partial charge in [0.1, 0.15) is 0 Å². The second-order valence-corrected chi connectivity index (χ2v) is 8.75. The van der Waals surface area contributed by atoms with Gasteiger partial charge in [-0.15, -0.1) is 0 Å². The van der Waals surface area contributed by atoms with Gasteiger partial charge in [0, 0.05) is 37.7 Å². The molecule has 1 fully saturated rings. The summed E-state index contributed by atoms with van der Waals surface area (Å²) in [7, 11) is -3.52. The normalized spacial score (nSPS) is 17.1. The molecule has 0 bridgehead atoms. The van der Waals surface area contributed by atoms with Crippen molar-refractivity contribution in [1.82, 2.24) is 9.21 Å². The molecule has 8 heteroatoms. The summed E-state index contributed by atoms with van der Waals surface area (Å²) in [5.74, 6) is 1.20. The van der Waals surface area contributed by atoms with Gasteiger partial charge in [-0.05, 0) is 35.4 Å². The number of sulfonamides is 1. The van der Waals surface area contributed by atoms with E-state index in [4.69, 9.17) is 9.47 Å². The number of amides is 1. The molecule has 0 aromatic heterocycles. The van der Waals surface area contributed by atoms with Gasteiger partial charge < -0.3 is 14.4 Å². The van der Waals surface area contributed by atoms with E-state index in [-0.39, 0.29) is 25.8 Å². The van der Waals surface area contributed by atoms with Crippen molar-refractivity contribution in [2.75, 3.05) is 33.0 Å². The molecule has 0 N–H and O–H groups in total. The van der Waals surface area contributed by atoms with Gasteiger partial charge >= 0.3 is 0 Å².